The number of aromatic nitrogens is 2. The second-order valence-electron chi connectivity index (χ2n) is 7.21. The minimum atomic E-state index is -4.45. The van der Waals surface area contributed by atoms with Crippen LogP contribution in [0, 0.1) is 0 Å². The van der Waals surface area contributed by atoms with Crippen molar-refractivity contribution >= 4 is 34.3 Å². The van der Waals surface area contributed by atoms with Crippen LogP contribution in [0.5, 0.6) is 0 Å². The summed E-state index contributed by atoms with van der Waals surface area (Å²) in [4.78, 5) is 30.4. The van der Waals surface area contributed by atoms with E-state index in [4.69, 9.17) is 4.42 Å². The molecule has 0 aliphatic rings. The van der Waals surface area contributed by atoms with Crippen molar-refractivity contribution in [1.29, 1.82) is 0 Å². The van der Waals surface area contributed by atoms with Gasteiger partial charge in [-0.1, -0.05) is 23.9 Å². The van der Waals surface area contributed by atoms with Gasteiger partial charge in [-0.05, 0) is 55.5 Å². The van der Waals surface area contributed by atoms with E-state index in [2.05, 4.69) is 10.3 Å². The van der Waals surface area contributed by atoms with Gasteiger partial charge in [0, 0.05) is 5.69 Å². The van der Waals surface area contributed by atoms with E-state index in [1.54, 1.807) is 43.3 Å². The molecule has 1 amide bonds. The van der Waals surface area contributed by atoms with Crippen molar-refractivity contribution in [2.75, 3.05) is 5.32 Å². The minimum Gasteiger partial charge on any atom is -0.467 e. The number of amides is 1. The number of nitrogens with zero attached hydrogens (tertiary/aromatic N) is 2. The molecule has 2 aromatic carbocycles. The molecule has 33 heavy (non-hydrogen) atoms. The number of halogens is 3. The lowest BCUT2D eigenvalue weighted by molar-refractivity contribution is -0.137. The van der Waals surface area contributed by atoms with Crippen molar-refractivity contribution < 1.29 is 22.4 Å². The first-order valence-electron chi connectivity index (χ1n) is 9.89. The standard InChI is InChI=1S/C23H18F3N3O3S/c1-14(20(30)27-16-10-8-15(9-11-16)23(24,25)26)33-22-28-19-7-3-2-6-18(19)21(31)29(22)13-17-5-4-12-32-17/h2-12,14H,13H2,1H3,(H,27,30). The molecule has 10 heteroatoms. The number of thioether (sulfide) groups is 1. The smallest absolute Gasteiger partial charge is 0.416 e. The highest BCUT2D eigenvalue weighted by Gasteiger charge is 2.30. The summed E-state index contributed by atoms with van der Waals surface area (Å²) < 4.78 is 45.0. The van der Waals surface area contributed by atoms with E-state index in [0.717, 1.165) is 23.9 Å². The fourth-order valence-corrected chi connectivity index (χ4v) is 4.04. The van der Waals surface area contributed by atoms with E-state index in [-0.39, 0.29) is 17.8 Å². The van der Waals surface area contributed by atoms with Gasteiger partial charge in [-0.3, -0.25) is 14.2 Å². The quantitative estimate of drug-likeness (QED) is 0.309. The van der Waals surface area contributed by atoms with Gasteiger partial charge in [-0.2, -0.15) is 13.2 Å². The lowest BCUT2D eigenvalue weighted by Gasteiger charge is -2.16. The number of fused-ring (bicyclic) bond motifs is 1. The predicted octanol–water partition coefficient (Wildman–Crippen LogP) is 5.18. The van der Waals surface area contributed by atoms with E-state index < -0.39 is 22.9 Å². The van der Waals surface area contributed by atoms with Crippen molar-refractivity contribution in [3.8, 4) is 0 Å². The molecule has 2 heterocycles. The number of carbonyl (C=O) groups excluding carboxylic acids is 1. The predicted molar refractivity (Wildman–Crippen MR) is 119 cm³/mol. The maximum Gasteiger partial charge on any atom is 0.416 e. The van der Waals surface area contributed by atoms with Gasteiger partial charge in [0.25, 0.3) is 5.56 Å². The normalized spacial score (nSPS) is 12.6. The fraction of sp³-hybridized carbons (Fsp3) is 0.174. The van der Waals surface area contributed by atoms with Gasteiger partial charge in [0.15, 0.2) is 5.16 Å². The number of rotatable bonds is 6. The van der Waals surface area contributed by atoms with Crippen LogP contribution >= 0.6 is 11.8 Å². The van der Waals surface area contributed by atoms with Crippen molar-refractivity contribution in [1.82, 2.24) is 9.55 Å². The summed E-state index contributed by atoms with van der Waals surface area (Å²) in [5.74, 6) is 0.115. The van der Waals surface area contributed by atoms with Crippen molar-refractivity contribution in [3.63, 3.8) is 0 Å². The average Bonchev–Trinajstić information content (AvgIpc) is 3.29. The van der Waals surface area contributed by atoms with Crippen LogP contribution < -0.4 is 10.9 Å². The maximum atomic E-state index is 13.1. The molecule has 1 unspecified atom stereocenters. The highest BCUT2D eigenvalue weighted by atomic mass is 32.2. The Morgan fingerprint density at radius 1 is 1.12 bits per heavy atom. The summed E-state index contributed by atoms with van der Waals surface area (Å²) in [7, 11) is 0. The molecular formula is C23H18F3N3O3S. The zero-order valence-corrected chi connectivity index (χ0v) is 18.1. The van der Waals surface area contributed by atoms with E-state index in [9.17, 15) is 22.8 Å². The maximum absolute atomic E-state index is 13.1. The summed E-state index contributed by atoms with van der Waals surface area (Å²) >= 11 is 1.07. The number of hydrogen-bond donors (Lipinski definition) is 1. The third kappa shape index (κ3) is 5.11. The molecule has 6 nitrogen and oxygen atoms in total. The van der Waals surface area contributed by atoms with Crippen LogP contribution in [-0.4, -0.2) is 20.7 Å². The molecule has 0 radical (unpaired) electrons. The van der Waals surface area contributed by atoms with Crippen LogP contribution in [0.15, 0.2) is 81.3 Å². The zero-order chi connectivity index (χ0) is 23.6. The molecule has 1 atom stereocenters. The van der Waals surface area contributed by atoms with E-state index in [0.29, 0.717) is 21.8 Å². The lowest BCUT2D eigenvalue weighted by Crippen LogP contribution is -2.27. The number of para-hydroxylation sites is 1. The molecule has 0 bridgehead atoms. The van der Waals surface area contributed by atoms with Crippen molar-refractivity contribution in [2.45, 2.75) is 30.1 Å². The molecule has 1 N–H and O–H groups in total. The third-order valence-electron chi connectivity index (χ3n) is 4.85. The molecule has 170 valence electrons. The first kappa shape index (κ1) is 22.7. The first-order chi connectivity index (χ1) is 15.7. The van der Waals surface area contributed by atoms with Crippen LogP contribution in [-0.2, 0) is 17.5 Å². The van der Waals surface area contributed by atoms with E-state index in [1.165, 1.54) is 23.0 Å². The van der Waals surface area contributed by atoms with Crippen molar-refractivity contribution in [2.24, 2.45) is 0 Å². The van der Waals surface area contributed by atoms with Gasteiger partial charge in [0.1, 0.15) is 5.76 Å². The Kier molecular flexibility index (Phi) is 6.28. The summed E-state index contributed by atoms with van der Waals surface area (Å²) in [6.45, 7) is 1.77. The molecule has 4 aromatic rings. The number of nitrogens with one attached hydrogen (secondary N) is 1. The Labute approximate surface area is 190 Å². The highest BCUT2D eigenvalue weighted by molar-refractivity contribution is 8.00. The number of anilines is 1. The average molecular weight is 473 g/mol. The van der Waals surface area contributed by atoms with Crippen LogP contribution in [0.1, 0.15) is 18.2 Å². The molecule has 2 aromatic heterocycles. The van der Waals surface area contributed by atoms with Crippen LogP contribution in [0.2, 0.25) is 0 Å². The molecule has 4 rings (SSSR count). The summed E-state index contributed by atoms with van der Waals surface area (Å²) in [6, 6.07) is 14.5. The second-order valence-corrected chi connectivity index (χ2v) is 8.51. The van der Waals surface area contributed by atoms with Gasteiger partial charge in [0.05, 0.1) is 34.5 Å². The van der Waals surface area contributed by atoms with E-state index in [1.807, 2.05) is 0 Å². The van der Waals surface area contributed by atoms with E-state index >= 15 is 0 Å². The number of furan rings is 1. The van der Waals surface area contributed by atoms with Gasteiger partial charge in [0.2, 0.25) is 5.91 Å². The summed E-state index contributed by atoms with van der Waals surface area (Å²) in [6.07, 6.45) is -2.95. The van der Waals surface area contributed by atoms with Gasteiger partial charge < -0.3 is 9.73 Å². The van der Waals surface area contributed by atoms with Crippen LogP contribution in [0.3, 0.4) is 0 Å². The zero-order valence-electron chi connectivity index (χ0n) is 17.3. The molecule has 0 fully saturated rings. The molecule has 0 saturated heterocycles. The molecular weight excluding hydrogens is 455 g/mol. The lowest BCUT2D eigenvalue weighted by atomic mass is 10.2. The molecule has 0 aliphatic heterocycles. The number of alkyl halides is 3. The second kappa shape index (κ2) is 9.14. The number of hydrogen-bond acceptors (Lipinski definition) is 5. The molecule has 0 spiro atoms. The monoisotopic (exact) mass is 473 g/mol. The Balaban J connectivity index is 1.58. The van der Waals surface area contributed by atoms with Crippen LogP contribution in [0.25, 0.3) is 10.9 Å². The molecule has 0 aliphatic carbocycles. The SMILES string of the molecule is CC(Sc1nc2ccccc2c(=O)n1Cc1ccco1)C(=O)Nc1ccc(C(F)(F)F)cc1. The fourth-order valence-electron chi connectivity index (χ4n) is 3.13. The Morgan fingerprint density at radius 3 is 2.52 bits per heavy atom. The summed E-state index contributed by atoms with van der Waals surface area (Å²) in [5.41, 5.74) is -0.337. The summed E-state index contributed by atoms with van der Waals surface area (Å²) in [5, 5.41) is 2.67. The molecule has 0 saturated carbocycles. The van der Waals surface area contributed by atoms with Crippen LogP contribution in [0.4, 0.5) is 18.9 Å². The first-order valence-corrected chi connectivity index (χ1v) is 10.8. The highest BCUT2D eigenvalue weighted by Crippen LogP contribution is 2.30. The van der Waals surface area contributed by atoms with Crippen molar-refractivity contribution in [3.05, 3.63) is 88.6 Å². The Morgan fingerprint density at radius 2 is 1.85 bits per heavy atom. The van der Waals surface area contributed by atoms with Gasteiger partial charge >= 0.3 is 6.18 Å². The topological polar surface area (TPSA) is 77.1 Å². The van der Waals surface area contributed by atoms with Gasteiger partial charge in [-0.25, -0.2) is 4.98 Å². The Hall–Kier alpha value is -3.53. The minimum absolute atomic E-state index is 0.138. The van der Waals surface area contributed by atoms with Gasteiger partial charge in [-0.15, -0.1) is 0 Å². The number of benzene rings is 2. The largest absolute Gasteiger partial charge is 0.467 e. The Bertz CT molecular complexity index is 1330. The third-order valence-corrected chi connectivity index (χ3v) is 5.94. The number of carbonyl (C=O) groups is 1.